The zero-order valence-electron chi connectivity index (χ0n) is 9.35. The van der Waals surface area contributed by atoms with Crippen molar-refractivity contribution in [2.24, 2.45) is 0 Å². The Morgan fingerprint density at radius 3 is 2.82 bits per heavy atom. The molecule has 5 heteroatoms. The minimum atomic E-state index is 0.611. The molecule has 0 spiro atoms. The number of ether oxygens (including phenoxy) is 1. The molecule has 0 saturated carbocycles. The molecule has 0 unspecified atom stereocenters. The summed E-state index contributed by atoms with van der Waals surface area (Å²) in [4.78, 5) is 8.22. The Morgan fingerprint density at radius 2 is 2.18 bits per heavy atom. The molecule has 0 aliphatic rings. The van der Waals surface area contributed by atoms with Gasteiger partial charge in [0, 0.05) is 29.5 Å². The smallest absolute Gasteiger partial charge is 0.213 e. The van der Waals surface area contributed by atoms with Crippen molar-refractivity contribution in [3.8, 4) is 5.88 Å². The monoisotopic (exact) mass is 293 g/mol. The average Bonchev–Trinajstić information content (AvgIpc) is 2.37. The summed E-state index contributed by atoms with van der Waals surface area (Å²) in [6.45, 7) is 0.709. The third-order valence-corrected chi connectivity index (χ3v) is 2.64. The van der Waals surface area contributed by atoms with E-state index in [1.807, 2.05) is 24.4 Å². The van der Waals surface area contributed by atoms with Crippen molar-refractivity contribution in [3.63, 3.8) is 0 Å². The predicted octanol–water partition coefficient (Wildman–Crippen LogP) is 2.86. The minimum absolute atomic E-state index is 0.611. The second-order valence-corrected chi connectivity index (χ2v) is 4.37. The van der Waals surface area contributed by atoms with Crippen molar-refractivity contribution < 1.29 is 4.74 Å². The number of nitrogens with zero attached hydrogens (tertiary/aromatic N) is 2. The standard InChI is InChI=1S/C12H12BrN3O/c1-17-12-3-2-11(8-16-12)15-6-9-4-10(13)7-14-5-9/h2-5,7-8,15H,6H2,1H3. The minimum Gasteiger partial charge on any atom is -0.481 e. The van der Waals surface area contributed by atoms with Crippen molar-refractivity contribution in [1.82, 2.24) is 9.97 Å². The van der Waals surface area contributed by atoms with Gasteiger partial charge in [-0.25, -0.2) is 4.98 Å². The lowest BCUT2D eigenvalue weighted by Gasteiger charge is -2.06. The molecule has 0 saturated heterocycles. The maximum absolute atomic E-state index is 4.99. The van der Waals surface area contributed by atoms with Gasteiger partial charge in [-0.05, 0) is 33.6 Å². The van der Waals surface area contributed by atoms with Crippen LogP contribution >= 0.6 is 15.9 Å². The van der Waals surface area contributed by atoms with E-state index < -0.39 is 0 Å². The molecule has 0 fully saturated rings. The van der Waals surface area contributed by atoms with Crippen LogP contribution in [-0.2, 0) is 6.54 Å². The molecule has 88 valence electrons. The first-order valence-electron chi connectivity index (χ1n) is 5.11. The van der Waals surface area contributed by atoms with Gasteiger partial charge in [-0.15, -0.1) is 0 Å². The summed E-state index contributed by atoms with van der Waals surface area (Å²) in [5, 5.41) is 3.26. The second kappa shape index (κ2) is 5.63. The van der Waals surface area contributed by atoms with Gasteiger partial charge in [0.15, 0.2) is 0 Å². The van der Waals surface area contributed by atoms with Crippen LogP contribution in [0.25, 0.3) is 0 Å². The Labute approximate surface area is 108 Å². The highest BCUT2D eigenvalue weighted by Gasteiger charge is 1.97. The summed E-state index contributed by atoms with van der Waals surface area (Å²) in [5.74, 6) is 0.611. The van der Waals surface area contributed by atoms with Gasteiger partial charge >= 0.3 is 0 Å². The number of rotatable bonds is 4. The molecule has 2 aromatic rings. The Balaban J connectivity index is 1.97. The zero-order valence-corrected chi connectivity index (χ0v) is 10.9. The van der Waals surface area contributed by atoms with E-state index in [4.69, 9.17) is 4.74 Å². The van der Waals surface area contributed by atoms with Crippen LogP contribution in [0.1, 0.15) is 5.56 Å². The number of nitrogens with one attached hydrogen (secondary N) is 1. The van der Waals surface area contributed by atoms with Crippen LogP contribution in [0.15, 0.2) is 41.3 Å². The lowest BCUT2D eigenvalue weighted by atomic mass is 10.3. The molecular formula is C12H12BrN3O. The first-order chi connectivity index (χ1) is 8.28. The Bertz CT molecular complexity index is 487. The Hall–Kier alpha value is -1.62. The van der Waals surface area contributed by atoms with E-state index in [-0.39, 0.29) is 0 Å². The van der Waals surface area contributed by atoms with E-state index in [0.717, 1.165) is 15.7 Å². The summed E-state index contributed by atoms with van der Waals surface area (Å²) in [7, 11) is 1.60. The average molecular weight is 294 g/mol. The van der Waals surface area contributed by atoms with E-state index >= 15 is 0 Å². The summed E-state index contributed by atoms with van der Waals surface area (Å²) >= 11 is 3.39. The summed E-state index contributed by atoms with van der Waals surface area (Å²) < 4.78 is 5.97. The van der Waals surface area contributed by atoms with Crippen molar-refractivity contribution in [2.75, 3.05) is 12.4 Å². The first-order valence-corrected chi connectivity index (χ1v) is 5.90. The van der Waals surface area contributed by atoms with Gasteiger partial charge in [0.05, 0.1) is 19.0 Å². The molecular weight excluding hydrogens is 282 g/mol. The van der Waals surface area contributed by atoms with Crippen LogP contribution in [0.2, 0.25) is 0 Å². The molecule has 0 radical (unpaired) electrons. The highest BCUT2D eigenvalue weighted by molar-refractivity contribution is 9.10. The predicted molar refractivity (Wildman–Crippen MR) is 70.1 cm³/mol. The molecule has 4 nitrogen and oxygen atoms in total. The van der Waals surface area contributed by atoms with Crippen LogP contribution in [0.3, 0.4) is 0 Å². The number of aromatic nitrogens is 2. The van der Waals surface area contributed by atoms with Gasteiger partial charge in [-0.2, -0.15) is 0 Å². The lowest BCUT2D eigenvalue weighted by molar-refractivity contribution is 0.398. The molecule has 17 heavy (non-hydrogen) atoms. The molecule has 1 N–H and O–H groups in total. The SMILES string of the molecule is COc1ccc(NCc2cncc(Br)c2)cn1. The number of hydrogen-bond acceptors (Lipinski definition) is 4. The fourth-order valence-electron chi connectivity index (χ4n) is 1.36. The van der Waals surface area contributed by atoms with Crippen molar-refractivity contribution in [3.05, 3.63) is 46.8 Å². The third-order valence-electron chi connectivity index (χ3n) is 2.20. The van der Waals surface area contributed by atoms with Gasteiger partial charge in [0.1, 0.15) is 0 Å². The van der Waals surface area contributed by atoms with E-state index in [2.05, 4.69) is 31.2 Å². The summed E-state index contributed by atoms with van der Waals surface area (Å²) in [6, 6.07) is 5.77. The number of pyridine rings is 2. The van der Waals surface area contributed by atoms with Gasteiger partial charge in [0.2, 0.25) is 5.88 Å². The molecule has 0 aromatic carbocycles. The number of halogens is 1. The molecule has 2 aromatic heterocycles. The van der Waals surface area contributed by atoms with Crippen molar-refractivity contribution >= 4 is 21.6 Å². The van der Waals surface area contributed by atoms with Gasteiger partial charge in [-0.3, -0.25) is 4.98 Å². The van der Waals surface area contributed by atoms with E-state index in [9.17, 15) is 0 Å². The fraction of sp³-hybridized carbons (Fsp3) is 0.167. The largest absolute Gasteiger partial charge is 0.481 e. The normalized spacial score (nSPS) is 10.0. The first kappa shape index (κ1) is 11.9. The number of anilines is 1. The van der Waals surface area contributed by atoms with Crippen LogP contribution < -0.4 is 10.1 Å². The Morgan fingerprint density at radius 1 is 1.29 bits per heavy atom. The van der Waals surface area contributed by atoms with Crippen LogP contribution in [0.5, 0.6) is 5.88 Å². The molecule has 0 aliphatic heterocycles. The fourth-order valence-corrected chi connectivity index (χ4v) is 1.77. The maximum atomic E-state index is 4.99. The number of hydrogen-bond donors (Lipinski definition) is 1. The highest BCUT2D eigenvalue weighted by Crippen LogP contribution is 2.14. The number of methoxy groups -OCH3 is 1. The van der Waals surface area contributed by atoms with Gasteiger partial charge < -0.3 is 10.1 Å². The topological polar surface area (TPSA) is 47.0 Å². The molecule has 0 atom stereocenters. The van der Waals surface area contributed by atoms with E-state index in [0.29, 0.717) is 12.4 Å². The van der Waals surface area contributed by atoms with Crippen molar-refractivity contribution in [1.29, 1.82) is 0 Å². The van der Waals surface area contributed by atoms with Gasteiger partial charge in [0.25, 0.3) is 0 Å². The highest BCUT2D eigenvalue weighted by atomic mass is 79.9. The summed E-state index contributed by atoms with van der Waals surface area (Å²) in [6.07, 6.45) is 5.33. The molecule has 2 rings (SSSR count). The molecule has 0 bridgehead atoms. The Kier molecular flexibility index (Phi) is 3.93. The third kappa shape index (κ3) is 3.42. The quantitative estimate of drug-likeness (QED) is 0.942. The second-order valence-electron chi connectivity index (χ2n) is 3.45. The molecule has 0 amide bonds. The van der Waals surface area contributed by atoms with E-state index in [1.54, 1.807) is 19.5 Å². The summed E-state index contributed by atoms with van der Waals surface area (Å²) in [5.41, 5.74) is 2.06. The van der Waals surface area contributed by atoms with Crippen LogP contribution in [-0.4, -0.2) is 17.1 Å². The van der Waals surface area contributed by atoms with E-state index in [1.165, 1.54) is 0 Å². The zero-order chi connectivity index (χ0) is 12.1. The molecule has 0 aliphatic carbocycles. The molecule has 2 heterocycles. The van der Waals surface area contributed by atoms with Gasteiger partial charge in [-0.1, -0.05) is 0 Å². The maximum Gasteiger partial charge on any atom is 0.213 e. The van der Waals surface area contributed by atoms with Crippen LogP contribution in [0, 0.1) is 0 Å². The van der Waals surface area contributed by atoms with Crippen molar-refractivity contribution in [2.45, 2.75) is 6.54 Å². The van der Waals surface area contributed by atoms with Crippen LogP contribution in [0.4, 0.5) is 5.69 Å². The lowest BCUT2D eigenvalue weighted by Crippen LogP contribution is -2.00.